The Hall–Kier alpha value is -9.12. The van der Waals surface area contributed by atoms with Crippen LogP contribution in [0.3, 0.4) is 0 Å². The van der Waals surface area contributed by atoms with E-state index in [1.807, 2.05) is 60.7 Å². The summed E-state index contributed by atoms with van der Waals surface area (Å²) in [6, 6.07) is 22.4. The lowest BCUT2D eigenvalue weighted by Gasteiger charge is -2.15. The van der Waals surface area contributed by atoms with Gasteiger partial charge in [0.25, 0.3) is 0 Å². The lowest BCUT2D eigenvalue weighted by atomic mass is 10.0. The van der Waals surface area contributed by atoms with Gasteiger partial charge in [0.1, 0.15) is 0 Å². The topological polar surface area (TPSA) is 182 Å². The number of aromatic amines is 2. The molecule has 17 heteroatoms. The van der Waals surface area contributed by atoms with Crippen LogP contribution >= 0.6 is 0 Å². The number of nitrogens with zero attached hydrogens (tertiary/aromatic N) is 2. The number of aromatic nitrogens is 4. The Labute approximate surface area is 421 Å². The normalized spacial score (nSPS) is 11.5. The summed E-state index contributed by atoms with van der Waals surface area (Å²) in [5.41, 5.74) is 9.00. The Morgan fingerprint density at radius 3 is 0.795 bits per heavy atom. The second-order valence-corrected chi connectivity index (χ2v) is 16.3. The maximum Gasteiger partial charge on any atom is 0.227 e. The molecule has 0 spiro atoms. The number of hydrogen-bond donors (Lipinski definition) is 2. The zero-order chi connectivity index (χ0) is 51.7. The first-order valence-electron chi connectivity index (χ1n) is 22.7. The van der Waals surface area contributed by atoms with Gasteiger partial charge in [-0.05, 0) is 107 Å². The largest absolute Gasteiger partial charge is 0.618 e. The molecule has 7 aromatic rings. The first-order chi connectivity index (χ1) is 35.5. The summed E-state index contributed by atoms with van der Waals surface area (Å²) in [5.74, 6) is 4.85. The third-order valence-electron chi connectivity index (χ3n) is 12.8. The van der Waals surface area contributed by atoms with Crippen molar-refractivity contribution in [1.82, 2.24) is 15.0 Å². The van der Waals surface area contributed by atoms with Gasteiger partial charge >= 0.3 is 0 Å². The van der Waals surface area contributed by atoms with Crippen molar-refractivity contribution in [2.45, 2.75) is 0 Å². The van der Waals surface area contributed by atoms with Crippen molar-refractivity contribution in [2.75, 3.05) is 85.3 Å². The molecule has 0 unspecified atom stereocenters. The molecule has 5 heterocycles. The van der Waals surface area contributed by atoms with Crippen LogP contribution in [0.25, 0.3) is 90.9 Å². The van der Waals surface area contributed by atoms with E-state index >= 15 is 5.21 Å². The highest BCUT2D eigenvalue weighted by atomic mass is 16.6. The molecule has 2 aliphatic heterocycles. The van der Waals surface area contributed by atoms with Gasteiger partial charge in [0.2, 0.25) is 34.4 Å². The molecule has 0 atom stereocenters. The molecular weight excluding hydrogens is 937 g/mol. The molecule has 0 aliphatic carbocycles. The first kappa shape index (κ1) is 48.9. The van der Waals surface area contributed by atoms with E-state index in [4.69, 9.17) is 61.8 Å². The van der Waals surface area contributed by atoms with Crippen molar-refractivity contribution in [2.24, 2.45) is 0 Å². The van der Waals surface area contributed by atoms with Crippen molar-refractivity contribution in [1.29, 1.82) is 0 Å². The molecule has 0 fully saturated rings. The van der Waals surface area contributed by atoms with E-state index in [1.165, 1.54) is 14.2 Å². The Kier molecular flexibility index (Phi) is 13.6. The average molecular weight is 991 g/mol. The molecule has 8 bridgehead atoms. The van der Waals surface area contributed by atoms with Crippen LogP contribution in [0.1, 0.15) is 22.8 Å². The van der Waals surface area contributed by atoms with E-state index < -0.39 is 0 Å². The van der Waals surface area contributed by atoms with Crippen molar-refractivity contribution in [3.05, 3.63) is 101 Å². The van der Waals surface area contributed by atoms with Gasteiger partial charge < -0.3 is 72.0 Å². The number of ether oxygens (including phenoxy) is 12. The van der Waals surface area contributed by atoms with Gasteiger partial charge in [-0.25, -0.2) is 4.98 Å². The summed E-state index contributed by atoms with van der Waals surface area (Å²) in [5, 5.41) is 15.7. The highest BCUT2D eigenvalue weighted by molar-refractivity contribution is 6.00. The zero-order valence-electron chi connectivity index (χ0n) is 42.4. The summed E-state index contributed by atoms with van der Waals surface area (Å²) >= 11 is 0. The smallest absolute Gasteiger partial charge is 0.227 e. The van der Waals surface area contributed by atoms with Crippen molar-refractivity contribution in [3.8, 4) is 114 Å². The molecule has 2 aliphatic rings. The first-order valence-corrected chi connectivity index (χ1v) is 22.7. The Bertz CT molecular complexity index is 3210. The molecule has 2 N–H and O–H groups in total. The summed E-state index contributed by atoms with van der Waals surface area (Å²) in [6.45, 7) is 0. The van der Waals surface area contributed by atoms with Crippen molar-refractivity contribution in [3.63, 3.8) is 0 Å². The summed E-state index contributed by atoms with van der Waals surface area (Å²) in [4.78, 5) is 12.8. The van der Waals surface area contributed by atoms with E-state index in [0.717, 1.165) is 4.73 Å². The van der Waals surface area contributed by atoms with Crippen LogP contribution in [0.5, 0.6) is 69.0 Å². The van der Waals surface area contributed by atoms with Crippen LogP contribution in [0, 0.1) is 5.21 Å². The van der Waals surface area contributed by atoms with Gasteiger partial charge in [-0.2, -0.15) is 4.73 Å². The zero-order valence-corrected chi connectivity index (χ0v) is 42.4. The van der Waals surface area contributed by atoms with Gasteiger partial charge in [-0.15, -0.1) is 0 Å². The van der Waals surface area contributed by atoms with Gasteiger partial charge in [-0.3, -0.25) is 0 Å². The highest BCUT2D eigenvalue weighted by Gasteiger charge is 2.29. The molecule has 73 heavy (non-hydrogen) atoms. The SMILES string of the molecule is COc1cc(-c2c3nc(c(-c4cc(OC)c(OC)c(OC)c4)c4ccc([nH]4)c(-c4cc(OC)c(OC)c(OC)c4)c4[n+]([O-])c(c(-c5cc(OC)c(OC)c(OC)c5)c5ccc2[nH]5)C=C4)C=C3)cc(OC)c1OC. The van der Waals surface area contributed by atoms with Crippen LogP contribution in [0.15, 0.2) is 72.8 Å². The number of hydrogen-bond acceptors (Lipinski definition) is 14. The molecular formula is C56H54N4O13. The van der Waals surface area contributed by atoms with Gasteiger partial charge in [-0.1, -0.05) is 0 Å². The minimum Gasteiger partial charge on any atom is -0.618 e. The predicted molar refractivity (Wildman–Crippen MR) is 280 cm³/mol. The molecule has 9 rings (SSSR count). The average Bonchev–Trinajstić information content (AvgIpc) is 4.28. The molecule has 3 aromatic heterocycles. The number of benzene rings is 4. The number of fused-ring (bicyclic) bond motifs is 8. The van der Waals surface area contributed by atoms with Crippen LogP contribution in [-0.4, -0.2) is 100 Å². The summed E-state index contributed by atoms with van der Waals surface area (Å²) in [6.07, 6.45) is 7.45. The van der Waals surface area contributed by atoms with Crippen LogP contribution in [-0.2, 0) is 0 Å². The highest BCUT2D eigenvalue weighted by Crippen LogP contribution is 2.49. The van der Waals surface area contributed by atoms with Crippen LogP contribution in [0.4, 0.5) is 0 Å². The van der Waals surface area contributed by atoms with Crippen LogP contribution < -0.4 is 61.6 Å². The maximum absolute atomic E-state index is 15.7. The fraction of sp³-hybridized carbons (Fsp3) is 0.214. The van der Waals surface area contributed by atoms with Gasteiger partial charge in [0.05, 0.1) is 119 Å². The number of H-pyrrole nitrogens is 2. The predicted octanol–water partition coefficient (Wildman–Crippen LogP) is 10.7. The van der Waals surface area contributed by atoms with E-state index in [1.54, 1.807) is 108 Å². The lowest BCUT2D eigenvalue weighted by molar-refractivity contribution is -0.605. The molecule has 17 nitrogen and oxygen atoms in total. The fourth-order valence-corrected chi connectivity index (χ4v) is 9.47. The molecule has 0 saturated heterocycles. The second kappa shape index (κ2) is 20.3. The number of rotatable bonds is 16. The standard InChI is InChI=1S/C56H54N4O13/c1-62-41-21-29(22-42(63-2)53(41)70-9)49-33-13-14-34(57-33)50(30-23-43(64-3)54(71-10)44(24-30)65-4)36-16-18-38(59-36)52(32-27-47(68-7)56(73-12)48(28-32)69-8)40-20-19-39(60(40)61)51(37-17-15-35(49)58-37)31-25-45(66-5)55(72-11)46(26-31)67-6/h13-28,58-59H,1-12H3. The van der Waals surface area contributed by atoms with E-state index in [-0.39, 0.29) is 11.4 Å². The summed E-state index contributed by atoms with van der Waals surface area (Å²) in [7, 11) is 18.6. The third kappa shape index (κ3) is 8.37. The van der Waals surface area contributed by atoms with E-state index in [9.17, 15) is 0 Å². The summed E-state index contributed by atoms with van der Waals surface area (Å²) < 4.78 is 70.9. The number of nitrogens with one attached hydrogen (secondary N) is 2. The monoisotopic (exact) mass is 990 g/mol. The van der Waals surface area contributed by atoms with Gasteiger partial charge in [0.15, 0.2) is 46.0 Å². The van der Waals surface area contributed by atoms with Gasteiger partial charge in [0, 0.05) is 34.3 Å². The molecule has 0 radical (unpaired) electrons. The minimum absolute atomic E-state index is 0.286. The third-order valence-corrected chi connectivity index (χ3v) is 12.8. The fourth-order valence-electron chi connectivity index (χ4n) is 9.47. The minimum atomic E-state index is 0.286. The molecule has 376 valence electrons. The van der Waals surface area contributed by atoms with E-state index in [0.29, 0.717) is 147 Å². The molecule has 0 saturated carbocycles. The Morgan fingerprint density at radius 1 is 0.329 bits per heavy atom. The quantitative estimate of drug-likeness (QED) is 0.0689. The molecule has 0 amide bonds. The van der Waals surface area contributed by atoms with E-state index in [2.05, 4.69) is 9.97 Å². The van der Waals surface area contributed by atoms with Crippen LogP contribution in [0.2, 0.25) is 0 Å². The Morgan fingerprint density at radius 2 is 0.562 bits per heavy atom. The van der Waals surface area contributed by atoms with Crippen molar-refractivity contribution < 1.29 is 61.6 Å². The number of methoxy groups -OCH3 is 12. The van der Waals surface area contributed by atoms with Crippen molar-refractivity contribution >= 4 is 46.4 Å². The molecule has 4 aromatic carbocycles. The second-order valence-electron chi connectivity index (χ2n) is 16.3. The Balaban J connectivity index is 1.54. The lowest BCUT2D eigenvalue weighted by Crippen LogP contribution is -2.31. The maximum atomic E-state index is 15.7.